The van der Waals surface area contributed by atoms with E-state index >= 15 is 0 Å². The minimum atomic E-state index is -0.453. The number of halogens is 1. The zero-order valence-corrected chi connectivity index (χ0v) is 16.7. The third kappa shape index (κ3) is 4.62. The zero-order valence-electron chi connectivity index (χ0n) is 16.7. The molecule has 150 valence electrons. The molecule has 1 atom stereocenters. The van der Waals surface area contributed by atoms with E-state index in [1.165, 1.54) is 18.2 Å². The molecule has 3 rings (SSSR count). The minimum absolute atomic E-state index is 0.0846. The summed E-state index contributed by atoms with van der Waals surface area (Å²) in [7, 11) is 0. The van der Waals surface area contributed by atoms with E-state index in [1.54, 1.807) is 24.0 Å². The lowest BCUT2D eigenvalue weighted by atomic mass is 9.83. The number of rotatable bonds is 6. The molecule has 1 aliphatic heterocycles. The number of esters is 1. The largest absolute Gasteiger partial charge is 0.458 e. The Hall–Kier alpha value is -3.21. The van der Waals surface area contributed by atoms with Crippen LogP contribution in [-0.2, 0) is 20.9 Å². The summed E-state index contributed by atoms with van der Waals surface area (Å²) in [4.78, 5) is 27.4. The Balaban J connectivity index is 2.01. The first-order valence-corrected chi connectivity index (χ1v) is 9.51. The quantitative estimate of drug-likeness (QED) is 0.530. The maximum atomic E-state index is 13.2. The van der Waals surface area contributed by atoms with Crippen molar-refractivity contribution in [1.82, 2.24) is 4.90 Å². The van der Waals surface area contributed by atoms with Gasteiger partial charge in [0.25, 0.3) is 0 Å². The van der Waals surface area contributed by atoms with Crippen LogP contribution < -0.4 is 0 Å². The molecule has 1 aliphatic rings. The number of carbonyl (C=O) groups excluding carboxylic acids is 2. The van der Waals surface area contributed by atoms with Gasteiger partial charge in [0.2, 0.25) is 5.91 Å². The summed E-state index contributed by atoms with van der Waals surface area (Å²) >= 11 is 0. The fraction of sp³-hybridized carbons (Fsp3) is 0.250. The molecular formula is C24H24FNO3. The van der Waals surface area contributed by atoms with Crippen molar-refractivity contribution in [3.8, 4) is 0 Å². The van der Waals surface area contributed by atoms with E-state index in [1.807, 2.05) is 31.2 Å². The first-order chi connectivity index (χ1) is 13.9. The second kappa shape index (κ2) is 8.86. The molecule has 0 aliphatic carbocycles. The number of benzene rings is 2. The molecule has 0 bridgehead atoms. The molecule has 0 aromatic heterocycles. The van der Waals surface area contributed by atoms with Crippen LogP contribution in [0.3, 0.4) is 0 Å². The van der Waals surface area contributed by atoms with Crippen LogP contribution in [0.5, 0.6) is 0 Å². The summed E-state index contributed by atoms with van der Waals surface area (Å²) in [5.41, 5.74) is 3.78. The van der Waals surface area contributed by atoms with E-state index in [-0.39, 0.29) is 37.2 Å². The van der Waals surface area contributed by atoms with E-state index in [4.69, 9.17) is 4.74 Å². The fourth-order valence-electron chi connectivity index (χ4n) is 3.62. The monoisotopic (exact) mass is 393 g/mol. The summed E-state index contributed by atoms with van der Waals surface area (Å²) in [5, 5.41) is 0. The summed E-state index contributed by atoms with van der Waals surface area (Å²) < 4.78 is 18.5. The Bertz CT molecular complexity index is 962. The Kier molecular flexibility index (Phi) is 6.27. The lowest BCUT2D eigenvalue weighted by Crippen LogP contribution is -2.38. The number of ether oxygens (including phenoxy) is 1. The van der Waals surface area contributed by atoms with Gasteiger partial charge in [-0.25, -0.2) is 9.18 Å². The Labute approximate surface area is 170 Å². The van der Waals surface area contributed by atoms with Gasteiger partial charge in [-0.15, -0.1) is 0 Å². The van der Waals surface area contributed by atoms with Gasteiger partial charge in [0, 0.05) is 18.0 Å². The van der Waals surface area contributed by atoms with E-state index in [0.717, 1.165) is 16.7 Å². The smallest absolute Gasteiger partial charge is 0.336 e. The van der Waals surface area contributed by atoms with Crippen molar-refractivity contribution in [1.29, 1.82) is 0 Å². The molecule has 4 nitrogen and oxygen atoms in total. The number of hydrogen-bond acceptors (Lipinski definition) is 3. The maximum absolute atomic E-state index is 13.2. The minimum Gasteiger partial charge on any atom is -0.458 e. The molecule has 0 fully saturated rings. The molecule has 0 N–H and O–H groups in total. The summed E-state index contributed by atoms with van der Waals surface area (Å²) in [6, 6.07) is 13.8. The third-order valence-electron chi connectivity index (χ3n) is 5.07. The predicted octanol–water partition coefficient (Wildman–Crippen LogP) is 4.65. The highest BCUT2D eigenvalue weighted by Gasteiger charge is 2.36. The van der Waals surface area contributed by atoms with Crippen molar-refractivity contribution in [2.75, 3.05) is 6.61 Å². The lowest BCUT2D eigenvalue weighted by molar-refractivity contribution is -0.139. The van der Waals surface area contributed by atoms with Crippen LogP contribution in [-0.4, -0.2) is 23.4 Å². The van der Waals surface area contributed by atoms with Gasteiger partial charge in [0.15, 0.2) is 0 Å². The zero-order chi connectivity index (χ0) is 21.0. The van der Waals surface area contributed by atoms with Crippen molar-refractivity contribution in [3.63, 3.8) is 0 Å². The third-order valence-corrected chi connectivity index (χ3v) is 5.07. The molecule has 1 amide bonds. The van der Waals surface area contributed by atoms with Crippen molar-refractivity contribution < 1.29 is 18.7 Å². The van der Waals surface area contributed by atoms with Crippen LogP contribution in [0.15, 0.2) is 72.5 Å². The van der Waals surface area contributed by atoms with Gasteiger partial charge in [0.05, 0.1) is 12.1 Å². The molecule has 1 unspecified atom stereocenters. The second-order valence-corrected chi connectivity index (χ2v) is 7.16. The second-order valence-electron chi connectivity index (χ2n) is 7.16. The van der Waals surface area contributed by atoms with E-state index in [2.05, 4.69) is 6.58 Å². The Morgan fingerprint density at radius 2 is 1.97 bits per heavy atom. The SMILES string of the molecule is C=CCOC(=O)C1=C(C)N(Cc2ccc(F)cc2)C(=O)CC1c1cccc(C)c1. The molecule has 0 saturated heterocycles. The number of nitrogens with zero attached hydrogens (tertiary/aromatic N) is 1. The fourth-order valence-corrected chi connectivity index (χ4v) is 3.62. The number of hydrogen-bond donors (Lipinski definition) is 0. The van der Waals surface area contributed by atoms with E-state index < -0.39 is 5.97 Å². The summed E-state index contributed by atoms with van der Waals surface area (Å²) in [5.74, 6) is -1.24. The van der Waals surface area contributed by atoms with Gasteiger partial charge in [0.1, 0.15) is 12.4 Å². The average molecular weight is 393 g/mol. The van der Waals surface area contributed by atoms with Crippen LogP contribution in [0, 0.1) is 12.7 Å². The van der Waals surface area contributed by atoms with Crippen LogP contribution in [0.25, 0.3) is 0 Å². The summed E-state index contributed by atoms with van der Waals surface area (Å²) in [6.07, 6.45) is 1.68. The normalized spacial score (nSPS) is 16.7. The van der Waals surface area contributed by atoms with Crippen LogP contribution >= 0.6 is 0 Å². The molecule has 0 saturated carbocycles. The van der Waals surface area contributed by atoms with Gasteiger partial charge >= 0.3 is 5.97 Å². The highest BCUT2D eigenvalue weighted by molar-refractivity contribution is 5.95. The average Bonchev–Trinajstić information content (AvgIpc) is 2.70. The predicted molar refractivity (Wildman–Crippen MR) is 109 cm³/mol. The topological polar surface area (TPSA) is 46.6 Å². The van der Waals surface area contributed by atoms with Crippen LogP contribution in [0.1, 0.15) is 36.0 Å². The number of amides is 1. The standard InChI is InChI=1S/C24H24FNO3/c1-4-12-29-24(28)23-17(3)26(15-18-8-10-20(25)11-9-18)22(27)14-21(23)19-7-5-6-16(2)13-19/h4-11,13,21H,1,12,14-15H2,2-3H3. The molecular weight excluding hydrogens is 369 g/mol. The number of aryl methyl sites for hydroxylation is 1. The van der Waals surface area contributed by atoms with E-state index in [9.17, 15) is 14.0 Å². The number of carbonyl (C=O) groups is 2. The Morgan fingerprint density at radius 1 is 1.24 bits per heavy atom. The summed E-state index contributed by atoms with van der Waals surface area (Å²) in [6.45, 7) is 7.69. The lowest BCUT2D eigenvalue weighted by Gasteiger charge is -2.34. The van der Waals surface area contributed by atoms with Gasteiger partial charge in [-0.2, -0.15) is 0 Å². The van der Waals surface area contributed by atoms with Gasteiger partial charge in [-0.3, -0.25) is 4.79 Å². The van der Waals surface area contributed by atoms with Gasteiger partial charge in [-0.1, -0.05) is 54.6 Å². The molecule has 2 aromatic rings. The first kappa shape index (κ1) is 20.5. The van der Waals surface area contributed by atoms with Gasteiger partial charge < -0.3 is 9.64 Å². The van der Waals surface area contributed by atoms with Crippen LogP contribution in [0.2, 0.25) is 0 Å². The van der Waals surface area contributed by atoms with Crippen molar-refractivity contribution in [2.45, 2.75) is 32.7 Å². The molecule has 5 heteroatoms. The molecule has 1 heterocycles. The molecule has 0 spiro atoms. The molecule has 2 aromatic carbocycles. The maximum Gasteiger partial charge on any atom is 0.336 e. The van der Waals surface area contributed by atoms with Crippen LogP contribution in [0.4, 0.5) is 4.39 Å². The van der Waals surface area contributed by atoms with Crippen molar-refractivity contribution in [3.05, 3.63) is 95.0 Å². The Morgan fingerprint density at radius 3 is 2.62 bits per heavy atom. The molecule has 29 heavy (non-hydrogen) atoms. The number of allylic oxidation sites excluding steroid dienone is 1. The van der Waals surface area contributed by atoms with E-state index in [0.29, 0.717) is 11.3 Å². The highest BCUT2D eigenvalue weighted by atomic mass is 19.1. The van der Waals surface area contributed by atoms with Crippen molar-refractivity contribution in [2.24, 2.45) is 0 Å². The highest BCUT2D eigenvalue weighted by Crippen LogP contribution is 2.38. The molecule has 0 radical (unpaired) electrons. The first-order valence-electron chi connectivity index (χ1n) is 9.51. The van der Waals surface area contributed by atoms with Gasteiger partial charge in [-0.05, 0) is 37.1 Å². The van der Waals surface area contributed by atoms with Crippen molar-refractivity contribution >= 4 is 11.9 Å².